The Hall–Kier alpha value is -2.59. The highest BCUT2D eigenvalue weighted by molar-refractivity contribution is 7.99. The topological polar surface area (TPSA) is 92.6 Å². The lowest BCUT2D eigenvalue weighted by Gasteiger charge is -2.28. The summed E-state index contributed by atoms with van der Waals surface area (Å²) in [5.41, 5.74) is 2.11. The number of carbonyl (C=O) groups excluding carboxylic acids is 2. The summed E-state index contributed by atoms with van der Waals surface area (Å²) in [5, 5.41) is 12.3. The van der Waals surface area contributed by atoms with E-state index in [2.05, 4.69) is 20.4 Å². The molecule has 1 fully saturated rings. The number of rotatable bonds is 9. The van der Waals surface area contributed by atoms with Crippen LogP contribution in [0.3, 0.4) is 0 Å². The summed E-state index contributed by atoms with van der Waals surface area (Å²) in [5.74, 6) is 0.659. The van der Waals surface area contributed by atoms with Crippen LogP contribution in [0.25, 0.3) is 5.69 Å². The van der Waals surface area contributed by atoms with Gasteiger partial charge < -0.3 is 19.9 Å². The van der Waals surface area contributed by atoms with Crippen molar-refractivity contribution in [2.75, 3.05) is 50.0 Å². The standard InChI is InChI=1S/C22H32N6O3S/c1-5-26(14-19(29)23-16(2)3)20(30)15-32-22-25-24-21(27-10-12-31-13-11-27)28(22)18-8-6-17(4)7-9-18/h6-9,16H,5,10-15H2,1-4H3,(H,23,29). The van der Waals surface area contributed by atoms with E-state index in [-0.39, 0.29) is 30.2 Å². The van der Waals surface area contributed by atoms with Crippen molar-refractivity contribution in [3.8, 4) is 5.69 Å². The van der Waals surface area contributed by atoms with Crippen molar-refractivity contribution in [1.29, 1.82) is 0 Å². The minimum atomic E-state index is -0.155. The Morgan fingerprint density at radius 3 is 2.50 bits per heavy atom. The molecule has 0 radical (unpaired) electrons. The Balaban J connectivity index is 1.76. The lowest BCUT2D eigenvalue weighted by molar-refractivity contribution is -0.134. The molecule has 174 valence electrons. The van der Waals surface area contributed by atoms with E-state index in [4.69, 9.17) is 4.74 Å². The maximum Gasteiger partial charge on any atom is 0.239 e. The summed E-state index contributed by atoms with van der Waals surface area (Å²) in [4.78, 5) is 28.6. The molecule has 0 saturated carbocycles. The lowest BCUT2D eigenvalue weighted by Crippen LogP contribution is -2.43. The molecule has 32 heavy (non-hydrogen) atoms. The van der Waals surface area contributed by atoms with Gasteiger partial charge in [-0.05, 0) is 39.8 Å². The number of carbonyl (C=O) groups is 2. The van der Waals surface area contributed by atoms with Crippen molar-refractivity contribution in [2.24, 2.45) is 0 Å². The van der Waals surface area contributed by atoms with Gasteiger partial charge in [0.05, 0.1) is 31.2 Å². The molecule has 0 bridgehead atoms. The number of anilines is 1. The van der Waals surface area contributed by atoms with Gasteiger partial charge in [0.25, 0.3) is 0 Å². The first-order valence-corrected chi connectivity index (χ1v) is 11.9. The number of thioether (sulfide) groups is 1. The molecule has 9 nitrogen and oxygen atoms in total. The molecule has 0 aliphatic carbocycles. The number of aryl methyl sites for hydroxylation is 1. The number of aromatic nitrogens is 3. The van der Waals surface area contributed by atoms with Gasteiger partial charge in [0.15, 0.2) is 5.16 Å². The van der Waals surface area contributed by atoms with Crippen LogP contribution in [0.5, 0.6) is 0 Å². The number of nitrogens with zero attached hydrogens (tertiary/aromatic N) is 5. The van der Waals surface area contributed by atoms with Crippen molar-refractivity contribution in [1.82, 2.24) is 25.0 Å². The van der Waals surface area contributed by atoms with Crippen molar-refractivity contribution < 1.29 is 14.3 Å². The highest BCUT2D eigenvalue weighted by Crippen LogP contribution is 2.27. The van der Waals surface area contributed by atoms with Crippen LogP contribution in [0.1, 0.15) is 26.3 Å². The summed E-state index contributed by atoms with van der Waals surface area (Å²) in [7, 11) is 0. The van der Waals surface area contributed by atoms with Gasteiger partial charge in [0.1, 0.15) is 0 Å². The van der Waals surface area contributed by atoms with E-state index in [1.807, 2.05) is 56.5 Å². The number of nitrogens with one attached hydrogen (secondary N) is 1. The van der Waals surface area contributed by atoms with E-state index in [0.717, 1.165) is 30.3 Å². The molecule has 3 rings (SSSR count). The fourth-order valence-electron chi connectivity index (χ4n) is 3.38. The third kappa shape index (κ3) is 6.23. The quantitative estimate of drug-likeness (QED) is 0.571. The first kappa shape index (κ1) is 24.1. The molecule has 1 saturated heterocycles. The number of likely N-dealkylation sites (N-methyl/N-ethyl adjacent to an activating group) is 1. The number of hydrogen-bond donors (Lipinski definition) is 1. The third-order valence-corrected chi connectivity index (χ3v) is 5.96. The van der Waals surface area contributed by atoms with Crippen LogP contribution in [0.15, 0.2) is 29.4 Å². The molecule has 0 atom stereocenters. The van der Waals surface area contributed by atoms with Gasteiger partial charge in [0.2, 0.25) is 17.8 Å². The Morgan fingerprint density at radius 2 is 1.88 bits per heavy atom. The summed E-state index contributed by atoms with van der Waals surface area (Å²) in [6, 6.07) is 8.19. The Bertz CT molecular complexity index is 909. The van der Waals surface area contributed by atoms with Gasteiger partial charge in [0, 0.05) is 25.7 Å². The van der Waals surface area contributed by atoms with Gasteiger partial charge in [-0.3, -0.25) is 14.2 Å². The second-order valence-corrected chi connectivity index (χ2v) is 8.91. The molecule has 2 heterocycles. The van der Waals surface area contributed by atoms with Crippen LogP contribution in [0.4, 0.5) is 5.95 Å². The van der Waals surface area contributed by atoms with E-state index in [0.29, 0.717) is 24.9 Å². The lowest BCUT2D eigenvalue weighted by atomic mass is 10.2. The van der Waals surface area contributed by atoms with Crippen molar-refractivity contribution >= 4 is 29.5 Å². The summed E-state index contributed by atoms with van der Waals surface area (Å²) in [6.07, 6.45) is 0. The molecule has 1 aromatic heterocycles. The average Bonchev–Trinajstić information content (AvgIpc) is 3.20. The fraction of sp³-hybridized carbons (Fsp3) is 0.545. The predicted molar refractivity (Wildman–Crippen MR) is 125 cm³/mol. The maximum absolute atomic E-state index is 12.8. The van der Waals surface area contributed by atoms with Gasteiger partial charge in [-0.1, -0.05) is 29.5 Å². The molecule has 0 spiro atoms. The zero-order valence-corrected chi connectivity index (χ0v) is 20.0. The van der Waals surface area contributed by atoms with Crippen molar-refractivity contribution in [3.05, 3.63) is 29.8 Å². The molecular formula is C22H32N6O3S. The zero-order chi connectivity index (χ0) is 23.1. The van der Waals surface area contributed by atoms with Crippen LogP contribution < -0.4 is 10.2 Å². The normalized spacial score (nSPS) is 14.0. The Kier molecular flexibility index (Phi) is 8.52. The maximum atomic E-state index is 12.8. The van der Waals surface area contributed by atoms with Crippen LogP contribution in [-0.2, 0) is 14.3 Å². The molecular weight excluding hydrogens is 428 g/mol. The SMILES string of the molecule is CCN(CC(=O)NC(C)C)C(=O)CSc1nnc(N2CCOCC2)n1-c1ccc(C)cc1. The van der Waals surface area contributed by atoms with Crippen molar-refractivity contribution in [2.45, 2.75) is 38.9 Å². The van der Waals surface area contributed by atoms with E-state index in [9.17, 15) is 9.59 Å². The number of morpholine rings is 1. The molecule has 2 aromatic rings. The summed E-state index contributed by atoms with van der Waals surface area (Å²) < 4.78 is 7.47. The van der Waals surface area contributed by atoms with Gasteiger partial charge in [-0.2, -0.15) is 0 Å². The molecule has 1 N–H and O–H groups in total. The average molecular weight is 461 g/mol. The first-order chi connectivity index (χ1) is 15.4. The molecule has 2 amide bonds. The van der Waals surface area contributed by atoms with Crippen molar-refractivity contribution in [3.63, 3.8) is 0 Å². The number of hydrogen-bond acceptors (Lipinski definition) is 7. The molecule has 1 aliphatic rings. The molecule has 10 heteroatoms. The largest absolute Gasteiger partial charge is 0.378 e. The second-order valence-electron chi connectivity index (χ2n) is 7.97. The highest BCUT2D eigenvalue weighted by atomic mass is 32.2. The Labute approximate surface area is 193 Å². The van der Waals surface area contributed by atoms with Crippen LogP contribution in [-0.4, -0.2) is 82.7 Å². The predicted octanol–water partition coefficient (Wildman–Crippen LogP) is 1.88. The highest BCUT2D eigenvalue weighted by Gasteiger charge is 2.23. The minimum absolute atomic E-state index is 0.0392. The van der Waals surface area contributed by atoms with Crippen LogP contribution in [0.2, 0.25) is 0 Å². The smallest absolute Gasteiger partial charge is 0.239 e. The van der Waals surface area contributed by atoms with Gasteiger partial charge >= 0.3 is 0 Å². The van der Waals surface area contributed by atoms with E-state index in [1.165, 1.54) is 11.8 Å². The first-order valence-electron chi connectivity index (χ1n) is 10.9. The van der Waals surface area contributed by atoms with Crippen LogP contribution in [0, 0.1) is 6.92 Å². The second kappa shape index (κ2) is 11.3. The number of benzene rings is 1. The minimum Gasteiger partial charge on any atom is -0.378 e. The molecule has 1 aromatic carbocycles. The van der Waals surface area contributed by atoms with Gasteiger partial charge in [-0.25, -0.2) is 0 Å². The summed E-state index contributed by atoms with van der Waals surface area (Å²) >= 11 is 1.33. The monoisotopic (exact) mass is 460 g/mol. The van der Waals surface area contributed by atoms with E-state index >= 15 is 0 Å². The fourth-order valence-corrected chi connectivity index (χ4v) is 4.23. The molecule has 0 unspecified atom stereocenters. The summed E-state index contributed by atoms with van der Waals surface area (Å²) in [6.45, 7) is 11.0. The number of amides is 2. The number of ether oxygens (including phenoxy) is 1. The molecule has 1 aliphatic heterocycles. The third-order valence-electron chi connectivity index (χ3n) is 5.05. The van der Waals surface area contributed by atoms with Crippen LogP contribution >= 0.6 is 11.8 Å². The van der Waals surface area contributed by atoms with Gasteiger partial charge in [-0.15, -0.1) is 10.2 Å². The zero-order valence-electron chi connectivity index (χ0n) is 19.2. The Morgan fingerprint density at radius 1 is 1.19 bits per heavy atom. The van der Waals surface area contributed by atoms with E-state index in [1.54, 1.807) is 4.90 Å². The van der Waals surface area contributed by atoms with E-state index < -0.39 is 0 Å².